The van der Waals surface area contributed by atoms with Gasteiger partial charge < -0.3 is 19.5 Å². The molecule has 164 valence electrons. The molecule has 0 fully saturated rings. The molecule has 1 aliphatic heterocycles. The van der Waals surface area contributed by atoms with Crippen LogP contribution >= 0.6 is 0 Å². The molecule has 2 rings (SSSR count). The van der Waals surface area contributed by atoms with Crippen LogP contribution in [0.15, 0.2) is 18.2 Å². The summed E-state index contributed by atoms with van der Waals surface area (Å²) < 4.78 is 16.3. The van der Waals surface area contributed by atoms with Gasteiger partial charge in [0.15, 0.2) is 6.61 Å². The first kappa shape index (κ1) is 23.3. The minimum atomic E-state index is -0.706. The van der Waals surface area contributed by atoms with Crippen molar-refractivity contribution in [3.63, 3.8) is 0 Å². The summed E-state index contributed by atoms with van der Waals surface area (Å²) in [5.74, 6) is 0.449. The fraction of sp³-hybridized carbons (Fsp3) is 0.500. The summed E-state index contributed by atoms with van der Waals surface area (Å²) in [7, 11) is 0. The van der Waals surface area contributed by atoms with Crippen LogP contribution in [0.4, 0.5) is 4.79 Å². The van der Waals surface area contributed by atoms with Gasteiger partial charge in [0.25, 0.3) is 5.91 Å². The van der Waals surface area contributed by atoms with Gasteiger partial charge in [-0.3, -0.25) is 10.1 Å². The van der Waals surface area contributed by atoms with Crippen molar-refractivity contribution >= 4 is 24.0 Å². The van der Waals surface area contributed by atoms with Crippen LogP contribution < -0.4 is 20.1 Å². The molecule has 1 aromatic carbocycles. The first-order valence-electron chi connectivity index (χ1n) is 10.2. The summed E-state index contributed by atoms with van der Waals surface area (Å²) >= 11 is 0. The van der Waals surface area contributed by atoms with Crippen molar-refractivity contribution in [2.75, 3.05) is 19.8 Å². The molecular weight excluding hydrogens is 388 g/mol. The number of hydrogen-bond acceptors (Lipinski definition) is 6. The molecule has 0 aromatic heterocycles. The average molecular weight is 418 g/mol. The predicted molar refractivity (Wildman–Crippen MR) is 112 cm³/mol. The topological polar surface area (TPSA) is 103 Å². The summed E-state index contributed by atoms with van der Waals surface area (Å²) in [6, 6.07) is 3.13. The van der Waals surface area contributed by atoms with Gasteiger partial charge in [-0.1, -0.05) is 13.8 Å². The highest BCUT2D eigenvalue weighted by atomic mass is 16.5. The molecule has 0 spiro atoms. The number of imide groups is 1. The molecule has 0 aliphatic carbocycles. The standard InChI is InChI=1S/C22H30N2O6/c1-5-28-18-12-17-10-15(4)30-19(17)11-16(18)6-7-21(26)29-13-20(25)24-22(27)23-9-8-14(2)3/h6-7,11-12,14-15H,5,8-10,13H2,1-4H3,(H2,23,24,25,27)/b7-6+/t15-/m0/s1. The first-order valence-corrected chi connectivity index (χ1v) is 10.2. The second-order valence-electron chi connectivity index (χ2n) is 7.49. The number of esters is 1. The Bertz CT molecular complexity index is 803. The Morgan fingerprint density at radius 2 is 2.07 bits per heavy atom. The smallest absolute Gasteiger partial charge is 0.331 e. The van der Waals surface area contributed by atoms with E-state index in [1.807, 2.05) is 39.8 Å². The second kappa shape index (κ2) is 11.2. The van der Waals surface area contributed by atoms with E-state index in [1.165, 1.54) is 6.08 Å². The van der Waals surface area contributed by atoms with Crippen LogP contribution in [-0.2, 0) is 20.7 Å². The number of ether oxygens (including phenoxy) is 3. The van der Waals surface area contributed by atoms with Crippen LogP contribution in [0.2, 0.25) is 0 Å². The summed E-state index contributed by atoms with van der Waals surface area (Å²) in [6.45, 7) is 8.33. The van der Waals surface area contributed by atoms with E-state index in [0.717, 1.165) is 24.2 Å². The van der Waals surface area contributed by atoms with Crippen LogP contribution in [0.3, 0.4) is 0 Å². The van der Waals surface area contributed by atoms with Gasteiger partial charge in [-0.15, -0.1) is 0 Å². The van der Waals surface area contributed by atoms with E-state index in [2.05, 4.69) is 10.6 Å². The SMILES string of the molecule is CCOc1cc2c(cc1/C=C/C(=O)OCC(=O)NC(=O)NCCC(C)C)O[C@@H](C)C2. The first-order chi connectivity index (χ1) is 14.3. The van der Waals surface area contributed by atoms with Crippen LogP contribution in [0.5, 0.6) is 11.5 Å². The van der Waals surface area contributed by atoms with Gasteiger partial charge in [0.1, 0.15) is 17.6 Å². The van der Waals surface area contributed by atoms with Gasteiger partial charge in [0.05, 0.1) is 6.61 Å². The Morgan fingerprint density at radius 1 is 1.30 bits per heavy atom. The number of carbonyl (C=O) groups is 3. The largest absolute Gasteiger partial charge is 0.493 e. The molecule has 1 atom stereocenters. The van der Waals surface area contributed by atoms with Crippen molar-refractivity contribution in [1.82, 2.24) is 10.6 Å². The van der Waals surface area contributed by atoms with Crippen molar-refractivity contribution < 1.29 is 28.6 Å². The second-order valence-corrected chi connectivity index (χ2v) is 7.49. The summed E-state index contributed by atoms with van der Waals surface area (Å²) in [5, 5.41) is 4.68. The Hall–Kier alpha value is -3.03. The summed E-state index contributed by atoms with van der Waals surface area (Å²) in [6.07, 6.45) is 4.47. The van der Waals surface area contributed by atoms with Crippen molar-refractivity contribution in [2.24, 2.45) is 5.92 Å². The van der Waals surface area contributed by atoms with E-state index in [0.29, 0.717) is 30.4 Å². The number of carbonyl (C=O) groups excluding carboxylic acids is 3. The monoisotopic (exact) mass is 418 g/mol. The van der Waals surface area contributed by atoms with Crippen LogP contribution in [-0.4, -0.2) is 43.8 Å². The number of hydrogen-bond donors (Lipinski definition) is 2. The predicted octanol–water partition coefficient (Wildman–Crippen LogP) is 2.84. The minimum Gasteiger partial charge on any atom is -0.493 e. The number of fused-ring (bicyclic) bond motifs is 1. The molecule has 0 saturated heterocycles. The lowest BCUT2D eigenvalue weighted by molar-refractivity contribution is -0.143. The van der Waals surface area contributed by atoms with E-state index < -0.39 is 24.5 Å². The lowest BCUT2D eigenvalue weighted by atomic mass is 10.1. The van der Waals surface area contributed by atoms with Crippen molar-refractivity contribution in [3.05, 3.63) is 29.3 Å². The van der Waals surface area contributed by atoms with E-state index in [4.69, 9.17) is 14.2 Å². The summed E-state index contributed by atoms with van der Waals surface area (Å²) in [5.41, 5.74) is 1.74. The fourth-order valence-corrected chi connectivity index (χ4v) is 2.89. The normalized spacial score (nSPS) is 14.9. The highest BCUT2D eigenvalue weighted by molar-refractivity contribution is 5.96. The average Bonchev–Trinajstić information content (AvgIpc) is 3.03. The van der Waals surface area contributed by atoms with Crippen LogP contribution in [0, 0.1) is 5.92 Å². The van der Waals surface area contributed by atoms with Gasteiger partial charge in [-0.2, -0.15) is 0 Å². The molecule has 1 aromatic rings. The molecule has 0 unspecified atom stereocenters. The molecule has 0 bridgehead atoms. The van der Waals surface area contributed by atoms with Gasteiger partial charge in [-0.05, 0) is 44.4 Å². The number of rotatable bonds is 9. The third-order valence-electron chi connectivity index (χ3n) is 4.33. The van der Waals surface area contributed by atoms with E-state index in [1.54, 1.807) is 6.08 Å². The van der Waals surface area contributed by atoms with Crippen molar-refractivity contribution in [2.45, 2.75) is 46.6 Å². The Labute approximate surface area is 176 Å². The zero-order chi connectivity index (χ0) is 22.1. The number of amides is 3. The number of urea groups is 1. The lowest BCUT2D eigenvalue weighted by Crippen LogP contribution is -2.41. The third-order valence-corrected chi connectivity index (χ3v) is 4.33. The van der Waals surface area contributed by atoms with Crippen LogP contribution in [0.25, 0.3) is 6.08 Å². The highest BCUT2D eigenvalue weighted by Gasteiger charge is 2.21. The molecule has 30 heavy (non-hydrogen) atoms. The van der Waals surface area contributed by atoms with Gasteiger partial charge in [0.2, 0.25) is 0 Å². The molecule has 2 N–H and O–H groups in total. The van der Waals surface area contributed by atoms with Gasteiger partial charge in [0, 0.05) is 30.2 Å². The summed E-state index contributed by atoms with van der Waals surface area (Å²) in [4.78, 5) is 35.2. The molecule has 1 heterocycles. The van der Waals surface area contributed by atoms with Crippen molar-refractivity contribution in [3.8, 4) is 11.5 Å². The fourth-order valence-electron chi connectivity index (χ4n) is 2.89. The van der Waals surface area contributed by atoms with Crippen molar-refractivity contribution in [1.29, 1.82) is 0 Å². The Kier molecular flexibility index (Phi) is 8.70. The molecule has 8 nitrogen and oxygen atoms in total. The third kappa shape index (κ3) is 7.42. The van der Waals surface area contributed by atoms with E-state index in [-0.39, 0.29) is 6.10 Å². The molecule has 1 aliphatic rings. The van der Waals surface area contributed by atoms with E-state index in [9.17, 15) is 14.4 Å². The quantitative estimate of drug-likeness (QED) is 0.472. The lowest BCUT2D eigenvalue weighted by Gasteiger charge is -2.10. The zero-order valence-electron chi connectivity index (χ0n) is 17.9. The minimum absolute atomic E-state index is 0.0970. The molecular formula is C22H30N2O6. The molecule has 8 heteroatoms. The van der Waals surface area contributed by atoms with E-state index >= 15 is 0 Å². The highest BCUT2D eigenvalue weighted by Crippen LogP contribution is 2.35. The van der Waals surface area contributed by atoms with Gasteiger partial charge >= 0.3 is 12.0 Å². The zero-order valence-corrected chi connectivity index (χ0v) is 17.9. The molecule has 0 saturated carbocycles. The number of benzene rings is 1. The van der Waals surface area contributed by atoms with Gasteiger partial charge in [-0.25, -0.2) is 9.59 Å². The molecule has 3 amide bonds. The maximum Gasteiger partial charge on any atom is 0.331 e. The Balaban J connectivity index is 1.85. The number of nitrogens with one attached hydrogen (secondary N) is 2. The van der Waals surface area contributed by atoms with Crippen LogP contribution in [0.1, 0.15) is 45.2 Å². The maximum atomic E-state index is 11.9. The maximum absolute atomic E-state index is 11.9. The Morgan fingerprint density at radius 3 is 2.77 bits per heavy atom. The molecule has 0 radical (unpaired) electrons.